The van der Waals surface area contributed by atoms with Crippen LogP contribution in [-0.4, -0.2) is 10.0 Å². The van der Waals surface area contributed by atoms with Gasteiger partial charge in [0.1, 0.15) is 0 Å². The monoisotopic (exact) mass is 289 g/mol. The molecule has 0 heterocycles. The van der Waals surface area contributed by atoms with E-state index in [-0.39, 0.29) is 12.1 Å². The van der Waals surface area contributed by atoms with Gasteiger partial charge in [0.2, 0.25) is 0 Å². The largest absolute Gasteiger partial charge is 0.417 e. The molecule has 0 saturated heterocycles. The van der Waals surface area contributed by atoms with E-state index >= 15 is 0 Å². The fourth-order valence-corrected chi connectivity index (χ4v) is 1.47. The number of halogens is 6. The van der Waals surface area contributed by atoms with Crippen molar-refractivity contribution in [1.82, 2.24) is 0 Å². The molecule has 1 aromatic carbocycles. The Morgan fingerprint density at radius 2 is 1.63 bits per heavy atom. The second-order valence-corrected chi connectivity index (χ2v) is 3.44. The topological polar surface area (TPSA) is 63.4 Å². The van der Waals surface area contributed by atoms with Gasteiger partial charge in [0.15, 0.2) is 0 Å². The van der Waals surface area contributed by atoms with Gasteiger partial charge < -0.3 is 5.11 Å². The fraction of sp³-hybridized carbons (Fsp3) is 0.333. The van der Waals surface area contributed by atoms with Crippen molar-refractivity contribution in [3.05, 3.63) is 38.9 Å². The first-order chi connectivity index (χ1) is 8.48. The quantitative estimate of drug-likeness (QED) is 0.517. The third-order valence-electron chi connectivity index (χ3n) is 2.17. The lowest BCUT2D eigenvalue weighted by Crippen LogP contribution is -2.19. The summed E-state index contributed by atoms with van der Waals surface area (Å²) < 4.78 is 75.3. The first-order valence-electron chi connectivity index (χ1n) is 4.55. The molecule has 1 N–H and O–H groups in total. The maximum Gasteiger partial charge on any atom is 0.417 e. The molecular formula is C9H5F6NO3. The maximum atomic E-state index is 12.6. The number of aliphatic hydroxyl groups excluding tert-OH is 1. The molecule has 10 heteroatoms. The van der Waals surface area contributed by atoms with Gasteiger partial charge in [0.05, 0.1) is 22.7 Å². The Balaban J connectivity index is 3.73. The van der Waals surface area contributed by atoms with E-state index in [1.54, 1.807) is 0 Å². The summed E-state index contributed by atoms with van der Waals surface area (Å²) in [6.45, 7) is -1.40. The molecule has 0 fully saturated rings. The lowest BCUT2D eigenvalue weighted by atomic mass is 9.99. The molecule has 0 bridgehead atoms. The molecule has 0 amide bonds. The fourth-order valence-electron chi connectivity index (χ4n) is 1.47. The Labute approximate surface area is 101 Å². The molecule has 0 unspecified atom stereocenters. The van der Waals surface area contributed by atoms with Crippen molar-refractivity contribution in [3.63, 3.8) is 0 Å². The molecule has 19 heavy (non-hydrogen) atoms. The number of benzene rings is 1. The predicted octanol–water partition coefficient (Wildman–Crippen LogP) is 3.12. The molecule has 0 saturated carbocycles. The van der Waals surface area contributed by atoms with Crippen LogP contribution in [0.2, 0.25) is 0 Å². The molecular weight excluding hydrogens is 284 g/mol. The first kappa shape index (κ1) is 15.2. The molecule has 4 nitrogen and oxygen atoms in total. The second-order valence-electron chi connectivity index (χ2n) is 3.44. The van der Waals surface area contributed by atoms with Crippen LogP contribution in [0.4, 0.5) is 32.0 Å². The maximum absolute atomic E-state index is 12.6. The van der Waals surface area contributed by atoms with E-state index in [0.717, 1.165) is 0 Å². The summed E-state index contributed by atoms with van der Waals surface area (Å²) >= 11 is 0. The van der Waals surface area contributed by atoms with Crippen molar-refractivity contribution in [3.8, 4) is 0 Å². The highest BCUT2D eigenvalue weighted by molar-refractivity contribution is 5.48. The molecule has 106 valence electrons. The van der Waals surface area contributed by atoms with Crippen LogP contribution < -0.4 is 0 Å². The van der Waals surface area contributed by atoms with Gasteiger partial charge in [0, 0.05) is 12.1 Å². The molecule has 1 aromatic rings. The van der Waals surface area contributed by atoms with E-state index in [1.165, 1.54) is 0 Å². The van der Waals surface area contributed by atoms with Gasteiger partial charge in [-0.25, -0.2) is 0 Å². The van der Waals surface area contributed by atoms with Gasteiger partial charge in [-0.15, -0.1) is 0 Å². The molecule has 1 rings (SSSR count). The van der Waals surface area contributed by atoms with E-state index in [0.29, 0.717) is 0 Å². The first-order valence-corrected chi connectivity index (χ1v) is 4.55. The number of non-ortho nitro benzene ring substituents is 1. The minimum Gasteiger partial charge on any atom is -0.392 e. The minimum absolute atomic E-state index is 0.206. The smallest absolute Gasteiger partial charge is 0.392 e. The highest BCUT2D eigenvalue weighted by Gasteiger charge is 2.46. The van der Waals surface area contributed by atoms with Crippen molar-refractivity contribution < 1.29 is 36.4 Å². The third-order valence-corrected chi connectivity index (χ3v) is 2.17. The van der Waals surface area contributed by atoms with Gasteiger partial charge in [-0.2, -0.15) is 26.3 Å². The summed E-state index contributed by atoms with van der Waals surface area (Å²) in [5.74, 6) is 0. The van der Waals surface area contributed by atoms with Crippen LogP contribution in [0.3, 0.4) is 0 Å². The Kier molecular flexibility index (Phi) is 3.75. The summed E-state index contributed by atoms with van der Waals surface area (Å²) in [5.41, 5.74) is -6.69. The number of aliphatic hydroxyl groups is 1. The second kappa shape index (κ2) is 4.68. The number of rotatable bonds is 2. The average Bonchev–Trinajstić information content (AvgIpc) is 2.24. The number of nitrogens with zero attached hydrogens (tertiary/aromatic N) is 1. The van der Waals surface area contributed by atoms with Gasteiger partial charge >= 0.3 is 12.4 Å². The molecule has 0 radical (unpaired) electrons. The highest BCUT2D eigenvalue weighted by atomic mass is 19.4. The molecule has 0 aromatic heterocycles. The molecule has 0 aliphatic carbocycles. The number of nitro groups is 1. The van der Waals surface area contributed by atoms with E-state index < -0.39 is 46.3 Å². The van der Waals surface area contributed by atoms with Gasteiger partial charge in [0.25, 0.3) is 5.69 Å². The Bertz CT molecular complexity index is 508. The van der Waals surface area contributed by atoms with Crippen LogP contribution in [0.25, 0.3) is 0 Å². The Morgan fingerprint density at radius 1 is 1.11 bits per heavy atom. The molecule has 0 atom stereocenters. The minimum atomic E-state index is -5.43. The zero-order valence-electron chi connectivity index (χ0n) is 8.84. The summed E-state index contributed by atoms with van der Waals surface area (Å²) in [4.78, 5) is 9.12. The summed E-state index contributed by atoms with van der Waals surface area (Å²) in [5, 5.41) is 19.1. The zero-order valence-corrected chi connectivity index (χ0v) is 8.84. The number of hydrogen-bond acceptors (Lipinski definition) is 3. The van der Waals surface area contributed by atoms with Crippen LogP contribution >= 0.6 is 0 Å². The van der Waals surface area contributed by atoms with Gasteiger partial charge in [-0.05, 0) is 5.56 Å². The van der Waals surface area contributed by atoms with E-state index in [4.69, 9.17) is 5.11 Å². The summed E-state index contributed by atoms with van der Waals surface area (Å²) in [6.07, 6.45) is -10.8. The Morgan fingerprint density at radius 3 is 1.95 bits per heavy atom. The molecule has 0 spiro atoms. The average molecular weight is 289 g/mol. The van der Waals surface area contributed by atoms with Crippen molar-refractivity contribution >= 4 is 5.69 Å². The highest BCUT2D eigenvalue weighted by Crippen LogP contribution is 2.43. The van der Waals surface area contributed by atoms with E-state index in [1.807, 2.05) is 0 Å². The van der Waals surface area contributed by atoms with Crippen molar-refractivity contribution in [2.24, 2.45) is 0 Å². The normalized spacial score (nSPS) is 12.6. The number of alkyl halides is 6. The van der Waals surface area contributed by atoms with Crippen molar-refractivity contribution in [2.45, 2.75) is 19.0 Å². The number of hydrogen-bond donors (Lipinski definition) is 1. The Hall–Kier alpha value is -1.84. The lowest BCUT2D eigenvalue weighted by Gasteiger charge is -2.18. The van der Waals surface area contributed by atoms with Crippen LogP contribution in [0.5, 0.6) is 0 Å². The van der Waals surface area contributed by atoms with Crippen LogP contribution in [0.1, 0.15) is 16.7 Å². The van der Waals surface area contributed by atoms with Crippen LogP contribution in [0, 0.1) is 10.1 Å². The third kappa shape index (κ3) is 3.13. The number of nitro benzene ring substituents is 1. The summed E-state index contributed by atoms with van der Waals surface area (Å²) in [7, 11) is 0. The SMILES string of the molecule is O=[N+]([O-])c1cc(CO)c(C(F)(F)F)c(C(F)(F)F)c1. The van der Waals surface area contributed by atoms with Gasteiger partial charge in [-0.3, -0.25) is 10.1 Å². The predicted molar refractivity (Wildman–Crippen MR) is 49.0 cm³/mol. The standard InChI is InChI=1S/C9H5F6NO3/c10-8(11,12)6-2-5(16(18)19)1-4(3-17)7(6)9(13,14)15/h1-2,17H,3H2. The molecule has 0 aliphatic heterocycles. The van der Waals surface area contributed by atoms with Crippen LogP contribution in [0.15, 0.2) is 12.1 Å². The lowest BCUT2D eigenvalue weighted by molar-refractivity contribution is -0.385. The van der Waals surface area contributed by atoms with Crippen LogP contribution in [-0.2, 0) is 19.0 Å². The molecule has 0 aliphatic rings. The summed E-state index contributed by atoms with van der Waals surface area (Å²) in [6, 6.07) is 0.0556. The zero-order chi connectivity index (χ0) is 15.0. The van der Waals surface area contributed by atoms with E-state index in [9.17, 15) is 36.5 Å². The van der Waals surface area contributed by atoms with Crippen molar-refractivity contribution in [1.29, 1.82) is 0 Å². The van der Waals surface area contributed by atoms with Gasteiger partial charge in [-0.1, -0.05) is 0 Å². The van der Waals surface area contributed by atoms with E-state index in [2.05, 4.69) is 0 Å². The van der Waals surface area contributed by atoms with Crippen molar-refractivity contribution in [2.75, 3.05) is 0 Å².